The van der Waals surface area contributed by atoms with Gasteiger partial charge in [0.25, 0.3) is 0 Å². The molecule has 2 aromatic rings. The molecule has 2 rings (SSSR count). The Labute approximate surface area is 91.1 Å². The Morgan fingerprint density at radius 1 is 1.50 bits per heavy atom. The number of aromatic amines is 1. The molecule has 0 aliphatic heterocycles. The standard InChI is InChI=1S/C11H12BrNO/c1-7(6-14)8-3-2-4-9-10(12)5-13-11(8)9/h2-5,7,13-14H,6H2,1H3. The molecule has 0 aliphatic rings. The number of hydrogen-bond donors (Lipinski definition) is 2. The Morgan fingerprint density at radius 3 is 3.00 bits per heavy atom. The number of para-hydroxylation sites is 1. The van der Waals surface area contributed by atoms with Gasteiger partial charge in [0.05, 0.1) is 5.52 Å². The molecule has 0 saturated heterocycles. The third-order valence-corrected chi connectivity index (χ3v) is 3.16. The predicted molar refractivity (Wildman–Crippen MR) is 61.5 cm³/mol. The van der Waals surface area contributed by atoms with Crippen LogP contribution in [0, 0.1) is 0 Å². The summed E-state index contributed by atoms with van der Waals surface area (Å²) in [5.41, 5.74) is 2.27. The van der Waals surface area contributed by atoms with Crippen LogP contribution < -0.4 is 0 Å². The maximum absolute atomic E-state index is 9.13. The van der Waals surface area contributed by atoms with Crippen LogP contribution >= 0.6 is 15.9 Å². The second-order valence-corrected chi connectivity index (χ2v) is 4.34. The Morgan fingerprint density at radius 2 is 2.29 bits per heavy atom. The highest BCUT2D eigenvalue weighted by Gasteiger charge is 2.10. The van der Waals surface area contributed by atoms with Crippen molar-refractivity contribution in [3.63, 3.8) is 0 Å². The highest BCUT2D eigenvalue weighted by atomic mass is 79.9. The molecular weight excluding hydrogens is 242 g/mol. The first-order valence-corrected chi connectivity index (χ1v) is 5.39. The second-order valence-electron chi connectivity index (χ2n) is 3.49. The van der Waals surface area contributed by atoms with E-state index in [4.69, 9.17) is 5.11 Å². The lowest BCUT2D eigenvalue weighted by Gasteiger charge is -2.09. The zero-order valence-electron chi connectivity index (χ0n) is 7.92. The monoisotopic (exact) mass is 253 g/mol. The first-order valence-electron chi connectivity index (χ1n) is 4.60. The van der Waals surface area contributed by atoms with Gasteiger partial charge >= 0.3 is 0 Å². The molecule has 0 bridgehead atoms. The first-order chi connectivity index (χ1) is 6.74. The van der Waals surface area contributed by atoms with Gasteiger partial charge < -0.3 is 10.1 Å². The van der Waals surface area contributed by atoms with E-state index in [1.54, 1.807) is 0 Å². The van der Waals surface area contributed by atoms with Crippen LogP contribution in [0.5, 0.6) is 0 Å². The lowest BCUT2D eigenvalue weighted by Crippen LogP contribution is -1.99. The van der Waals surface area contributed by atoms with Gasteiger partial charge in [-0.05, 0) is 21.5 Å². The van der Waals surface area contributed by atoms with Crippen LogP contribution in [0.2, 0.25) is 0 Å². The zero-order valence-corrected chi connectivity index (χ0v) is 9.51. The lowest BCUT2D eigenvalue weighted by atomic mass is 10.00. The van der Waals surface area contributed by atoms with Crippen LogP contribution in [0.1, 0.15) is 18.4 Å². The Hall–Kier alpha value is -0.800. The Bertz CT molecular complexity index is 449. The van der Waals surface area contributed by atoms with Crippen LogP contribution in [0.15, 0.2) is 28.9 Å². The van der Waals surface area contributed by atoms with Gasteiger partial charge in [-0.25, -0.2) is 0 Å². The minimum atomic E-state index is 0.171. The molecule has 0 saturated carbocycles. The maximum atomic E-state index is 9.13. The van der Waals surface area contributed by atoms with Crippen LogP contribution in [-0.2, 0) is 0 Å². The molecule has 1 atom stereocenters. The van der Waals surface area contributed by atoms with Gasteiger partial charge in [-0.3, -0.25) is 0 Å². The number of aromatic nitrogens is 1. The summed E-state index contributed by atoms with van der Waals surface area (Å²) in [6.45, 7) is 2.19. The molecule has 2 nitrogen and oxygen atoms in total. The summed E-state index contributed by atoms with van der Waals surface area (Å²) in [5, 5.41) is 10.3. The van der Waals surface area contributed by atoms with Gasteiger partial charge in [-0.1, -0.05) is 25.1 Å². The molecule has 0 fully saturated rings. The van der Waals surface area contributed by atoms with Crippen LogP contribution in [0.25, 0.3) is 10.9 Å². The van der Waals surface area contributed by atoms with E-state index in [0.29, 0.717) is 0 Å². The fourth-order valence-corrected chi connectivity index (χ4v) is 2.10. The van der Waals surface area contributed by atoms with Gasteiger partial charge in [0.15, 0.2) is 0 Å². The van der Waals surface area contributed by atoms with E-state index in [2.05, 4.69) is 27.0 Å². The molecule has 1 heterocycles. The van der Waals surface area contributed by atoms with Gasteiger partial charge in [0, 0.05) is 28.6 Å². The van der Waals surface area contributed by atoms with Crippen molar-refractivity contribution in [1.82, 2.24) is 4.98 Å². The van der Waals surface area contributed by atoms with Gasteiger partial charge in [0.2, 0.25) is 0 Å². The summed E-state index contributed by atoms with van der Waals surface area (Å²) in [7, 11) is 0. The quantitative estimate of drug-likeness (QED) is 0.849. The smallest absolute Gasteiger partial charge is 0.0501 e. The van der Waals surface area contributed by atoms with Crippen LogP contribution in [0.4, 0.5) is 0 Å². The molecule has 3 heteroatoms. The third kappa shape index (κ3) is 1.47. The van der Waals surface area contributed by atoms with Crippen molar-refractivity contribution < 1.29 is 5.11 Å². The normalized spacial score (nSPS) is 13.4. The van der Waals surface area contributed by atoms with E-state index >= 15 is 0 Å². The average molecular weight is 254 g/mol. The molecule has 1 aromatic carbocycles. The Balaban J connectivity index is 2.65. The molecule has 0 amide bonds. The van der Waals surface area contributed by atoms with Crippen LogP contribution in [0.3, 0.4) is 0 Å². The van der Waals surface area contributed by atoms with Crippen molar-refractivity contribution in [2.75, 3.05) is 6.61 Å². The fourth-order valence-electron chi connectivity index (χ4n) is 1.65. The largest absolute Gasteiger partial charge is 0.396 e. The lowest BCUT2D eigenvalue weighted by molar-refractivity contribution is 0.273. The molecule has 1 aromatic heterocycles. The third-order valence-electron chi connectivity index (χ3n) is 2.50. The summed E-state index contributed by atoms with van der Waals surface area (Å²) in [6, 6.07) is 6.12. The van der Waals surface area contributed by atoms with E-state index in [-0.39, 0.29) is 12.5 Å². The molecule has 74 valence electrons. The minimum Gasteiger partial charge on any atom is -0.396 e. The van der Waals surface area contributed by atoms with Crippen molar-refractivity contribution in [2.24, 2.45) is 0 Å². The summed E-state index contributed by atoms with van der Waals surface area (Å²) < 4.78 is 1.07. The van der Waals surface area contributed by atoms with E-state index in [9.17, 15) is 0 Å². The van der Waals surface area contributed by atoms with Crippen molar-refractivity contribution in [3.05, 3.63) is 34.4 Å². The molecule has 0 radical (unpaired) electrons. The molecule has 1 unspecified atom stereocenters. The van der Waals surface area contributed by atoms with E-state index < -0.39 is 0 Å². The highest BCUT2D eigenvalue weighted by molar-refractivity contribution is 9.10. The number of hydrogen-bond acceptors (Lipinski definition) is 1. The summed E-state index contributed by atoms with van der Waals surface area (Å²) in [6.07, 6.45) is 1.93. The molecular formula is C11H12BrNO. The van der Waals surface area contributed by atoms with E-state index in [1.165, 1.54) is 5.39 Å². The second kappa shape index (κ2) is 3.75. The molecule has 0 aliphatic carbocycles. The van der Waals surface area contributed by atoms with Crippen LogP contribution in [-0.4, -0.2) is 16.7 Å². The number of fused-ring (bicyclic) bond motifs is 1. The summed E-state index contributed by atoms with van der Waals surface area (Å²) in [4.78, 5) is 3.21. The maximum Gasteiger partial charge on any atom is 0.0501 e. The summed E-state index contributed by atoms with van der Waals surface area (Å²) in [5.74, 6) is 0.171. The fraction of sp³-hybridized carbons (Fsp3) is 0.273. The minimum absolute atomic E-state index is 0.171. The van der Waals surface area contributed by atoms with Crippen molar-refractivity contribution in [1.29, 1.82) is 0 Å². The van der Waals surface area contributed by atoms with Gasteiger partial charge in [-0.15, -0.1) is 0 Å². The van der Waals surface area contributed by atoms with Crippen molar-refractivity contribution >= 4 is 26.8 Å². The summed E-state index contributed by atoms with van der Waals surface area (Å²) >= 11 is 3.48. The van der Waals surface area contributed by atoms with Gasteiger partial charge in [-0.2, -0.15) is 0 Å². The molecule has 2 N–H and O–H groups in total. The van der Waals surface area contributed by atoms with Crippen molar-refractivity contribution in [3.8, 4) is 0 Å². The van der Waals surface area contributed by atoms with Crippen molar-refractivity contribution in [2.45, 2.75) is 12.8 Å². The van der Waals surface area contributed by atoms with E-state index in [1.807, 2.05) is 25.3 Å². The number of halogens is 1. The van der Waals surface area contributed by atoms with E-state index in [0.717, 1.165) is 15.6 Å². The average Bonchev–Trinajstić information content (AvgIpc) is 2.59. The number of nitrogens with one attached hydrogen (secondary N) is 1. The number of rotatable bonds is 2. The van der Waals surface area contributed by atoms with Gasteiger partial charge in [0.1, 0.15) is 0 Å². The highest BCUT2D eigenvalue weighted by Crippen LogP contribution is 2.29. The molecule has 0 spiro atoms. The predicted octanol–water partition coefficient (Wildman–Crippen LogP) is 3.03. The number of aliphatic hydroxyl groups excluding tert-OH is 1. The topological polar surface area (TPSA) is 36.0 Å². The number of H-pyrrole nitrogens is 1. The number of benzene rings is 1. The zero-order chi connectivity index (χ0) is 10.1. The SMILES string of the molecule is CC(CO)c1cccc2c(Br)c[nH]c12. The Kier molecular flexibility index (Phi) is 2.61. The number of aliphatic hydroxyl groups is 1. The first kappa shape index (κ1) is 9.74. The molecule has 14 heavy (non-hydrogen) atoms.